The molecule has 5 heteroatoms. The number of carbonyl (C=O) groups is 1. The first-order valence-corrected chi connectivity index (χ1v) is 11.0. The Morgan fingerprint density at radius 1 is 0.875 bits per heavy atom. The number of hydrogen-bond donors (Lipinski definition) is 2. The maximum atomic E-state index is 13.4. The van der Waals surface area contributed by atoms with Crippen LogP contribution in [0.15, 0.2) is 84.9 Å². The van der Waals surface area contributed by atoms with Crippen LogP contribution in [-0.2, 0) is 17.9 Å². The molecule has 1 aromatic heterocycles. The van der Waals surface area contributed by atoms with E-state index in [0.717, 1.165) is 28.1 Å². The molecular weight excluding hydrogens is 396 g/mol. The van der Waals surface area contributed by atoms with Gasteiger partial charge in [0, 0.05) is 11.1 Å². The maximum Gasteiger partial charge on any atom is 0.230 e. The van der Waals surface area contributed by atoms with Gasteiger partial charge >= 0.3 is 0 Å². The van der Waals surface area contributed by atoms with Crippen molar-refractivity contribution in [2.45, 2.75) is 25.4 Å². The average Bonchev–Trinajstić information content (AvgIpc) is 3.45. The van der Waals surface area contributed by atoms with Crippen LogP contribution in [-0.4, -0.2) is 27.5 Å². The molecule has 0 radical (unpaired) electrons. The number of nitrogens with zero attached hydrogens (tertiary/aromatic N) is 2. The summed E-state index contributed by atoms with van der Waals surface area (Å²) in [5.74, 6) is -0.0941. The molecule has 3 N–H and O–H groups in total. The van der Waals surface area contributed by atoms with E-state index in [1.54, 1.807) is 0 Å². The summed E-state index contributed by atoms with van der Waals surface area (Å²) in [7, 11) is 0. The van der Waals surface area contributed by atoms with E-state index in [9.17, 15) is 4.79 Å². The number of rotatable bonds is 6. The molecule has 0 bridgehead atoms. The molecule has 1 aliphatic heterocycles. The number of aromatic nitrogens is 2. The summed E-state index contributed by atoms with van der Waals surface area (Å²) in [6, 6.07) is 28.7. The van der Waals surface area contributed by atoms with Crippen molar-refractivity contribution in [3.05, 3.63) is 102 Å². The first kappa shape index (κ1) is 20.2. The van der Waals surface area contributed by atoms with Crippen LogP contribution in [0.25, 0.3) is 22.4 Å². The number of benzene rings is 3. The van der Waals surface area contributed by atoms with Gasteiger partial charge in [0.15, 0.2) is 0 Å². The van der Waals surface area contributed by atoms with Gasteiger partial charge in [0.25, 0.3) is 0 Å². The third kappa shape index (κ3) is 3.83. The second kappa shape index (κ2) is 8.81. The molecule has 160 valence electrons. The number of aromatic amines is 1. The first-order valence-electron chi connectivity index (χ1n) is 11.0. The highest BCUT2D eigenvalue weighted by Gasteiger charge is 2.32. The minimum absolute atomic E-state index is 0.122. The second-order valence-corrected chi connectivity index (χ2v) is 8.21. The number of fused-ring (bicyclic) bond motifs is 1. The van der Waals surface area contributed by atoms with Crippen LogP contribution >= 0.6 is 0 Å². The molecule has 0 saturated carbocycles. The van der Waals surface area contributed by atoms with Crippen LogP contribution in [0.3, 0.4) is 0 Å². The molecule has 0 fully saturated rings. The van der Waals surface area contributed by atoms with E-state index in [4.69, 9.17) is 5.73 Å². The summed E-state index contributed by atoms with van der Waals surface area (Å²) in [6.45, 7) is 1.59. The van der Waals surface area contributed by atoms with Gasteiger partial charge in [-0.15, -0.1) is 0 Å². The lowest BCUT2D eigenvalue weighted by molar-refractivity contribution is -0.133. The third-order valence-electron chi connectivity index (χ3n) is 6.18. The topological polar surface area (TPSA) is 75.0 Å². The number of H-pyrrole nitrogens is 1. The number of hydrogen-bond acceptors (Lipinski definition) is 3. The Bertz CT molecular complexity index is 1200. The summed E-state index contributed by atoms with van der Waals surface area (Å²) in [5, 5.41) is 7.72. The van der Waals surface area contributed by atoms with Gasteiger partial charge in [-0.05, 0) is 29.7 Å². The van der Waals surface area contributed by atoms with Crippen LogP contribution in [0, 0.1) is 0 Å². The van der Waals surface area contributed by atoms with Crippen molar-refractivity contribution >= 4 is 5.91 Å². The third-order valence-corrected chi connectivity index (χ3v) is 6.18. The molecule has 1 amide bonds. The van der Waals surface area contributed by atoms with Crippen molar-refractivity contribution in [2.75, 3.05) is 6.54 Å². The van der Waals surface area contributed by atoms with Crippen LogP contribution in [0.4, 0.5) is 0 Å². The van der Waals surface area contributed by atoms with Gasteiger partial charge in [-0.2, -0.15) is 5.10 Å². The number of nitrogens with two attached hydrogens (primary N) is 1. The maximum absolute atomic E-state index is 13.4. The van der Waals surface area contributed by atoms with Crippen LogP contribution in [0.1, 0.15) is 29.2 Å². The van der Waals surface area contributed by atoms with Gasteiger partial charge in [0.05, 0.1) is 30.4 Å². The molecule has 1 aliphatic rings. The highest BCUT2D eigenvalue weighted by molar-refractivity contribution is 5.85. The van der Waals surface area contributed by atoms with Gasteiger partial charge in [-0.25, -0.2) is 0 Å². The first-order chi connectivity index (χ1) is 15.7. The minimum atomic E-state index is -0.216. The number of amides is 1. The number of nitrogens with one attached hydrogen (secondary N) is 1. The van der Waals surface area contributed by atoms with Crippen molar-refractivity contribution in [1.29, 1.82) is 0 Å². The van der Waals surface area contributed by atoms with Crippen molar-refractivity contribution < 1.29 is 4.79 Å². The van der Waals surface area contributed by atoms with E-state index in [1.807, 2.05) is 53.4 Å². The van der Waals surface area contributed by atoms with Gasteiger partial charge in [0.1, 0.15) is 0 Å². The van der Waals surface area contributed by atoms with Crippen molar-refractivity contribution in [3.63, 3.8) is 0 Å². The fraction of sp³-hybridized carbons (Fsp3) is 0.185. The molecule has 5 nitrogen and oxygen atoms in total. The molecular formula is C27H26N4O. The Hall–Kier alpha value is -3.70. The molecule has 0 spiro atoms. The molecule has 2 heterocycles. The van der Waals surface area contributed by atoms with E-state index in [1.165, 1.54) is 11.1 Å². The van der Waals surface area contributed by atoms with Crippen molar-refractivity contribution in [1.82, 2.24) is 15.1 Å². The lowest BCUT2D eigenvalue weighted by Gasteiger charge is -2.23. The normalized spacial score (nSPS) is 13.7. The summed E-state index contributed by atoms with van der Waals surface area (Å²) in [6.07, 6.45) is 0.638. The zero-order valence-corrected chi connectivity index (χ0v) is 17.9. The fourth-order valence-corrected chi connectivity index (χ4v) is 4.49. The molecule has 0 aliphatic carbocycles. The SMILES string of the molecule is NCCC(C(=O)N1Cc2[nH]nc(-c3ccc(-c4ccccc4)cc3)c2C1)c1ccccc1. The number of carbonyl (C=O) groups excluding carboxylic acids is 1. The van der Waals surface area contributed by atoms with E-state index in [0.29, 0.717) is 26.1 Å². The van der Waals surface area contributed by atoms with Gasteiger partial charge in [-0.1, -0.05) is 84.9 Å². The fourth-order valence-electron chi connectivity index (χ4n) is 4.49. The standard InChI is InChI=1S/C27H26N4O/c28-16-15-23(21-9-5-2-6-10-21)27(32)31-17-24-25(18-31)29-30-26(24)22-13-11-20(12-14-22)19-7-3-1-4-8-19/h1-14,23H,15-18,28H2,(H,29,30). The highest BCUT2D eigenvalue weighted by atomic mass is 16.2. The van der Waals surface area contributed by atoms with Gasteiger partial charge < -0.3 is 10.6 Å². The molecule has 1 atom stereocenters. The predicted octanol–water partition coefficient (Wildman–Crippen LogP) is 4.72. The summed E-state index contributed by atoms with van der Waals surface area (Å²) in [5.41, 5.74) is 13.3. The molecule has 5 rings (SSSR count). The molecule has 0 saturated heterocycles. The molecule has 4 aromatic rings. The predicted molar refractivity (Wildman–Crippen MR) is 127 cm³/mol. The van der Waals surface area contributed by atoms with Gasteiger partial charge in [-0.3, -0.25) is 9.89 Å². The van der Waals surface area contributed by atoms with E-state index in [2.05, 4.69) is 46.6 Å². The Morgan fingerprint density at radius 3 is 2.19 bits per heavy atom. The second-order valence-electron chi connectivity index (χ2n) is 8.21. The lowest BCUT2D eigenvalue weighted by Crippen LogP contribution is -2.32. The Kier molecular flexibility index (Phi) is 5.57. The molecule has 1 unspecified atom stereocenters. The zero-order chi connectivity index (χ0) is 21.9. The Labute approximate surface area is 187 Å². The summed E-state index contributed by atoms with van der Waals surface area (Å²) in [4.78, 5) is 15.3. The van der Waals surface area contributed by atoms with Crippen LogP contribution in [0.2, 0.25) is 0 Å². The Morgan fingerprint density at radius 2 is 1.50 bits per heavy atom. The smallest absolute Gasteiger partial charge is 0.230 e. The zero-order valence-electron chi connectivity index (χ0n) is 17.9. The van der Waals surface area contributed by atoms with Crippen molar-refractivity contribution in [3.8, 4) is 22.4 Å². The lowest BCUT2D eigenvalue weighted by atomic mass is 9.94. The highest BCUT2D eigenvalue weighted by Crippen LogP contribution is 2.34. The summed E-state index contributed by atoms with van der Waals surface area (Å²) < 4.78 is 0. The monoisotopic (exact) mass is 422 g/mol. The van der Waals surface area contributed by atoms with Crippen molar-refractivity contribution in [2.24, 2.45) is 5.73 Å². The van der Waals surface area contributed by atoms with E-state index >= 15 is 0 Å². The molecule has 3 aromatic carbocycles. The largest absolute Gasteiger partial charge is 0.332 e. The van der Waals surface area contributed by atoms with Crippen LogP contribution < -0.4 is 5.73 Å². The van der Waals surface area contributed by atoms with Gasteiger partial charge in [0.2, 0.25) is 5.91 Å². The van der Waals surface area contributed by atoms with E-state index < -0.39 is 0 Å². The minimum Gasteiger partial charge on any atom is -0.332 e. The Balaban J connectivity index is 1.36. The average molecular weight is 423 g/mol. The van der Waals surface area contributed by atoms with Crippen LogP contribution in [0.5, 0.6) is 0 Å². The van der Waals surface area contributed by atoms with E-state index in [-0.39, 0.29) is 11.8 Å². The summed E-state index contributed by atoms with van der Waals surface area (Å²) >= 11 is 0. The molecule has 32 heavy (non-hydrogen) atoms. The quantitative estimate of drug-likeness (QED) is 0.472.